The lowest BCUT2D eigenvalue weighted by Crippen LogP contribution is -1.95. The predicted molar refractivity (Wildman–Crippen MR) is 66.7 cm³/mol. The van der Waals surface area contributed by atoms with Crippen LogP contribution in [-0.4, -0.2) is 26.4 Å². The number of nitrogens with one attached hydrogen (secondary N) is 1. The van der Waals surface area contributed by atoms with Crippen molar-refractivity contribution in [2.24, 2.45) is 10.2 Å². The Kier molecular flexibility index (Phi) is 3.02. The number of rotatable bonds is 3. The minimum absolute atomic E-state index is 0.0819. The summed E-state index contributed by atoms with van der Waals surface area (Å²) in [5.74, 6) is -1.39. The topological polar surface area (TPSA) is 163 Å². The van der Waals surface area contributed by atoms with Crippen LogP contribution in [0, 0.1) is 0 Å². The molecule has 2 aromatic rings. The van der Waals surface area contributed by atoms with Gasteiger partial charge in [0.1, 0.15) is 17.1 Å². The van der Waals surface area contributed by atoms with Crippen LogP contribution in [0.25, 0.3) is 0 Å². The molecule has 0 unspecified atom stereocenters. The fraction of sp³-hybridized carbons (Fsp3) is 0. The number of carboxylic acids is 1. The molecule has 19 heavy (non-hydrogen) atoms. The SMILES string of the molecule is Nc1n[nH]c(N)c1N=Nc1ccc(O)c(C(=O)O)c1. The molecule has 1 aromatic carbocycles. The molecule has 2 rings (SSSR count). The first-order valence-electron chi connectivity index (χ1n) is 5.06. The number of benzene rings is 1. The van der Waals surface area contributed by atoms with E-state index in [0.717, 1.165) is 0 Å². The number of phenols is 1. The molecule has 1 heterocycles. The average Bonchev–Trinajstić information content (AvgIpc) is 2.68. The van der Waals surface area contributed by atoms with Gasteiger partial charge in [-0.1, -0.05) is 0 Å². The molecular formula is C10H10N6O3. The third-order valence-corrected chi connectivity index (χ3v) is 2.27. The number of hydrogen-bond acceptors (Lipinski definition) is 7. The van der Waals surface area contributed by atoms with Crippen molar-refractivity contribution in [3.05, 3.63) is 23.8 Å². The zero-order valence-corrected chi connectivity index (χ0v) is 9.53. The first-order valence-corrected chi connectivity index (χ1v) is 5.06. The van der Waals surface area contributed by atoms with E-state index >= 15 is 0 Å². The summed E-state index contributed by atoms with van der Waals surface area (Å²) in [6, 6.07) is 3.78. The van der Waals surface area contributed by atoms with Crippen LogP contribution < -0.4 is 11.5 Å². The Labute approximate surface area is 106 Å². The van der Waals surface area contributed by atoms with E-state index in [0.29, 0.717) is 0 Å². The molecule has 0 radical (unpaired) electrons. The number of aromatic nitrogens is 2. The molecule has 0 saturated carbocycles. The number of azo groups is 1. The summed E-state index contributed by atoms with van der Waals surface area (Å²) < 4.78 is 0. The Morgan fingerprint density at radius 3 is 2.63 bits per heavy atom. The summed E-state index contributed by atoms with van der Waals surface area (Å²) >= 11 is 0. The van der Waals surface area contributed by atoms with Crippen molar-refractivity contribution in [2.45, 2.75) is 0 Å². The molecule has 7 N–H and O–H groups in total. The monoisotopic (exact) mass is 262 g/mol. The highest BCUT2D eigenvalue weighted by Crippen LogP contribution is 2.29. The quantitative estimate of drug-likeness (QED) is 0.524. The Balaban J connectivity index is 2.34. The fourth-order valence-electron chi connectivity index (χ4n) is 1.33. The minimum atomic E-state index is -1.27. The second kappa shape index (κ2) is 4.64. The third kappa shape index (κ3) is 2.44. The Hall–Kier alpha value is -3.10. The highest BCUT2D eigenvalue weighted by Gasteiger charge is 2.10. The standard InChI is InChI=1S/C10H10N6O3/c11-8-7(9(12)16-15-8)14-13-4-1-2-6(17)5(3-4)10(18)19/h1-3,17H,(H,18,19)(H5,11,12,15,16). The van der Waals surface area contributed by atoms with Gasteiger partial charge in [0.2, 0.25) is 0 Å². The van der Waals surface area contributed by atoms with Crippen LogP contribution in [0.15, 0.2) is 28.4 Å². The normalized spacial score (nSPS) is 10.9. The van der Waals surface area contributed by atoms with Crippen molar-refractivity contribution in [2.75, 3.05) is 11.5 Å². The van der Waals surface area contributed by atoms with Gasteiger partial charge in [0.25, 0.3) is 0 Å². The molecule has 0 spiro atoms. The minimum Gasteiger partial charge on any atom is -0.507 e. The smallest absolute Gasteiger partial charge is 0.339 e. The van der Waals surface area contributed by atoms with Gasteiger partial charge < -0.3 is 21.7 Å². The van der Waals surface area contributed by atoms with Crippen molar-refractivity contribution < 1.29 is 15.0 Å². The molecule has 1 aromatic heterocycles. The number of nitrogen functional groups attached to an aromatic ring is 2. The van der Waals surface area contributed by atoms with Gasteiger partial charge in [0, 0.05) is 0 Å². The predicted octanol–water partition coefficient (Wildman–Crippen LogP) is 1.39. The second-order valence-corrected chi connectivity index (χ2v) is 3.58. The van der Waals surface area contributed by atoms with Gasteiger partial charge >= 0.3 is 5.97 Å². The van der Waals surface area contributed by atoms with Crippen LogP contribution >= 0.6 is 0 Å². The molecule has 9 heteroatoms. The number of nitrogens with zero attached hydrogens (tertiary/aromatic N) is 3. The molecule has 0 saturated heterocycles. The van der Waals surface area contributed by atoms with Crippen LogP contribution in [0.2, 0.25) is 0 Å². The Morgan fingerprint density at radius 2 is 2.05 bits per heavy atom. The largest absolute Gasteiger partial charge is 0.507 e. The number of carbonyl (C=O) groups is 1. The highest BCUT2D eigenvalue weighted by molar-refractivity contribution is 5.91. The van der Waals surface area contributed by atoms with E-state index in [1.54, 1.807) is 0 Å². The summed E-state index contributed by atoms with van der Waals surface area (Å²) in [5, 5.41) is 31.8. The van der Waals surface area contributed by atoms with E-state index in [4.69, 9.17) is 16.6 Å². The highest BCUT2D eigenvalue weighted by atomic mass is 16.4. The maximum atomic E-state index is 10.8. The number of aromatic hydroxyl groups is 1. The average molecular weight is 262 g/mol. The number of hydrogen-bond donors (Lipinski definition) is 5. The zero-order valence-electron chi connectivity index (χ0n) is 9.53. The van der Waals surface area contributed by atoms with E-state index in [9.17, 15) is 9.90 Å². The van der Waals surface area contributed by atoms with Gasteiger partial charge in [0.05, 0.1) is 5.69 Å². The fourth-order valence-corrected chi connectivity index (χ4v) is 1.33. The van der Waals surface area contributed by atoms with Crippen LogP contribution in [0.3, 0.4) is 0 Å². The molecule has 0 atom stereocenters. The number of anilines is 2. The lowest BCUT2D eigenvalue weighted by molar-refractivity contribution is 0.0694. The van der Waals surface area contributed by atoms with Gasteiger partial charge in [-0.05, 0) is 18.2 Å². The van der Waals surface area contributed by atoms with Crippen LogP contribution in [0.1, 0.15) is 10.4 Å². The molecule has 98 valence electrons. The number of carboxylic acid groups (broad SMARTS) is 1. The zero-order chi connectivity index (χ0) is 14.0. The van der Waals surface area contributed by atoms with Gasteiger partial charge in [-0.3, -0.25) is 5.10 Å². The third-order valence-electron chi connectivity index (χ3n) is 2.27. The van der Waals surface area contributed by atoms with E-state index in [1.807, 2.05) is 0 Å². The molecule has 0 aliphatic heterocycles. The number of H-pyrrole nitrogens is 1. The lowest BCUT2D eigenvalue weighted by Gasteiger charge is -1.99. The molecule has 0 fully saturated rings. The summed E-state index contributed by atoms with van der Waals surface area (Å²) in [5.41, 5.74) is 11.1. The first-order chi connectivity index (χ1) is 8.99. The number of nitrogens with two attached hydrogens (primary N) is 2. The maximum absolute atomic E-state index is 10.8. The van der Waals surface area contributed by atoms with Crippen molar-refractivity contribution in [1.29, 1.82) is 0 Å². The second-order valence-electron chi connectivity index (χ2n) is 3.58. The van der Waals surface area contributed by atoms with E-state index in [2.05, 4.69) is 20.4 Å². The van der Waals surface area contributed by atoms with Crippen LogP contribution in [0.4, 0.5) is 23.0 Å². The van der Waals surface area contributed by atoms with Crippen LogP contribution in [0.5, 0.6) is 5.75 Å². The molecular weight excluding hydrogens is 252 g/mol. The molecule has 9 nitrogen and oxygen atoms in total. The van der Waals surface area contributed by atoms with Crippen LogP contribution in [-0.2, 0) is 0 Å². The molecule has 0 aliphatic rings. The molecule has 0 bridgehead atoms. The summed E-state index contributed by atoms with van der Waals surface area (Å²) in [7, 11) is 0. The maximum Gasteiger partial charge on any atom is 0.339 e. The number of aromatic amines is 1. The van der Waals surface area contributed by atoms with E-state index < -0.39 is 5.97 Å². The van der Waals surface area contributed by atoms with Gasteiger partial charge in [-0.2, -0.15) is 10.2 Å². The number of aromatic carboxylic acids is 1. The van der Waals surface area contributed by atoms with Gasteiger partial charge in [-0.15, -0.1) is 5.11 Å². The Bertz CT molecular complexity index is 644. The van der Waals surface area contributed by atoms with Crippen molar-refractivity contribution in [1.82, 2.24) is 10.2 Å². The summed E-state index contributed by atoms with van der Waals surface area (Å²) in [4.78, 5) is 10.8. The van der Waals surface area contributed by atoms with Crippen molar-refractivity contribution >= 4 is 29.0 Å². The van der Waals surface area contributed by atoms with Gasteiger partial charge in [-0.25, -0.2) is 4.79 Å². The van der Waals surface area contributed by atoms with E-state index in [1.165, 1.54) is 18.2 Å². The summed E-state index contributed by atoms with van der Waals surface area (Å²) in [6.07, 6.45) is 0. The van der Waals surface area contributed by atoms with Gasteiger partial charge in [0.15, 0.2) is 11.5 Å². The summed E-state index contributed by atoms with van der Waals surface area (Å²) in [6.45, 7) is 0. The van der Waals surface area contributed by atoms with E-state index in [-0.39, 0.29) is 34.3 Å². The lowest BCUT2D eigenvalue weighted by atomic mass is 10.2. The Morgan fingerprint density at radius 1 is 1.32 bits per heavy atom. The van der Waals surface area contributed by atoms with Crippen molar-refractivity contribution in [3.63, 3.8) is 0 Å². The molecule has 0 aliphatic carbocycles. The molecule has 0 amide bonds. The first kappa shape index (κ1) is 12.4. The van der Waals surface area contributed by atoms with Crippen molar-refractivity contribution in [3.8, 4) is 5.75 Å².